The highest BCUT2D eigenvalue weighted by atomic mass is 15.1. The zero-order valence-corrected chi connectivity index (χ0v) is 13.4. The van der Waals surface area contributed by atoms with Crippen molar-refractivity contribution in [2.24, 2.45) is 0 Å². The SMILES string of the molecule is C=C1C=CC(CC)=C(c2cc(N)c3cnc(C)cc3c2)N1C. The fraction of sp³-hybridized carbons (Fsp3) is 0.211. The van der Waals surface area contributed by atoms with Gasteiger partial charge in [0, 0.05) is 41.3 Å². The number of pyridine rings is 1. The van der Waals surface area contributed by atoms with Crippen molar-refractivity contribution in [3.63, 3.8) is 0 Å². The van der Waals surface area contributed by atoms with Crippen molar-refractivity contribution >= 4 is 22.2 Å². The predicted molar refractivity (Wildman–Crippen MR) is 94.1 cm³/mol. The van der Waals surface area contributed by atoms with E-state index >= 15 is 0 Å². The van der Waals surface area contributed by atoms with E-state index in [2.05, 4.69) is 54.7 Å². The number of allylic oxidation sites excluding steroid dienone is 3. The second-order valence-corrected chi connectivity index (χ2v) is 5.72. The Morgan fingerprint density at radius 2 is 2.00 bits per heavy atom. The molecule has 0 amide bonds. The quantitative estimate of drug-likeness (QED) is 0.841. The van der Waals surface area contributed by atoms with E-state index in [0.717, 1.165) is 39.8 Å². The van der Waals surface area contributed by atoms with Gasteiger partial charge in [-0.3, -0.25) is 4.98 Å². The molecular weight excluding hydrogens is 270 g/mol. The highest BCUT2D eigenvalue weighted by molar-refractivity contribution is 5.95. The Bertz CT molecular complexity index is 828. The van der Waals surface area contributed by atoms with Gasteiger partial charge in [-0.1, -0.05) is 19.6 Å². The summed E-state index contributed by atoms with van der Waals surface area (Å²) in [6, 6.07) is 6.30. The summed E-state index contributed by atoms with van der Waals surface area (Å²) in [5.74, 6) is 0. The number of nitrogens with two attached hydrogens (primary N) is 1. The minimum atomic E-state index is 0.761. The molecule has 2 N–H and O–H groups in total. The molecule has 112 valence electrons. The van der Waals surface area contributed by atoms with E-state index in [0.29, 0.717) is 0 Å². The second kappa shape index (κ2) is 5.34. The largest absolute Gasteiger partial charge is 0.398 e. The van der Waals surface area contributed by atoms with Crippen molar-refractivity contribution in [2.45, 2.75) is 20.3 Å². The molecule has 2 aromatic rings. The first-order chi connectivity index (χ1) is 10.5. The van der Waals surface area contributed by atoms with Crippen LogP contribution < -0.4 is 5.73 Å². The van der Waals surface area contributed by atoms with Crippen LogP contribution in [0, 0.1) is 6.92 Å². The molecular formula is C19H21N3. The maximum absolute atomic E-state index is 6.26. The lowest BCUT2D eigenvalue weighted by Gasteiger charge is -2.29. The standard InChI is InChI=1S/C19H21N3/c1-5-14-7-6-13(3)22(4)19(14)16-9-15-8-12(2)21-11-17(15)18(20)10-16/h6-11H,3,5,20H2,1-2,4H3. The van der Waals surface area contributed by atoms with Gasteiger partial charge in [0.2, 0.25) is 0 Å². The third-order valence-corrected chi connectivity index (χ3v) is 4.21. The van der Waals surface area contributed by atoms with Gasteiger partial charge in [0.15, 0.2) is 0 Å². The number of likely N-dealkylation sites (N-methyl/N-ethyl adjacent to an activating group) is 1. The van der Waals surface area contributed by atoms with E-state index in [1.807, 2.05) is 19.2 Å². The number of aryl methyl sites for hydroxylation is 1. The van der Waals surface area contributed by atoms with Crippen molar-refractivity contribution in [3.8, 4) is 0 Å². The number of fused-ring (bicyclic) bond motifs is 1. The maximum Gasteiger partial charge on any atom is 0.0514 e. The van der Waals surface area contributed by atoms with E-state index in [9.17, 15) is 0 Å². The van der Waals surface area contributed by atoms with Crippen LogP contribution in [0.3, 0.4) is 0 Å². The second-order valence-electron chi connectivity index (χ2n) is 5.72. The van der Waals surface area contributed by atoms with Crippen molar-refractivity contribution in [3.05, 3.63) is 65.7 Å². The average Bonchev–Trinajstić information content (AvgIpc) is 2.49. The number of anilines is 1. The smallest absolute Gasteiger partial charge is 0.0514 e. The van der Waals surface area contributed by atoms with Crippen LogP contribution in [0.15, 0.2) is 54.4 Å². The van der Waals surface area contributed by atoms with Crippen LogP contribution in [0.1, 0.15) is 24.6 Å². The van der Waals surface area contributed by atoms with Crippen LogP contribution in [0.2, 0.25) is 0 Å². The lowest BCUT2D eigenvalue weighted by Crippen LogP contribution is -2.19. The molecule has 0 bridgehead atoms. The summed E-state index contributed by atoms with van der Waals surface area (Å²) in [6.45, 7) is 8.27. The molecule has 3 heteroatoms. The molecule has 2 heterocycles. The summed E-state index contributed by atoms with van der Waals surface area (Å²) >= 11 is 0. The molecule has 1 aliphatic heterocycles. The normalized spacial score (nSPS) is 15.0. The highest BCUT2D eigenvalue weighted by Gasteiger charge is 2.18. The molecule has 3 nitrogen and oxygen atoms in total. The van der Waals surface area contributed by atoms with Crippen molar-refractivity contribution < 1.29 is 0 Å². The third kappa shape index (κ3) is 2.29. The van der Waals surface area contributed by atoms with Crippen molar-refractivity contribution in [2.75, 3.05) is 12.8 Å². The summed E-state index contributed by atoms with van der Waals surface area (Å²) in [5, 5.41) is 2.12. The first-order valence-corrected chi connectivity index (χ1v) is 7.51. The molecule has 22 heavy (non-hydrogen) atoms. The van der Waals surface area contributed by atoms with E-state index in [1.54, 1.807) is 0 Å². The summed E-state index contributed by atoms with van der Waals surface area (Å²) in [4.78, 5) is 6.47. The zero-order chi connectivity index (χ0) is 15.9. The van der Waals surface area contributed by atoms with Crippen molar-refractivity contribution in [1.29, 1.82) is 0 Å². The summed E-state index contributed by atoms with van der Waals surface area (Å²) in [6.07, 6.45) is 7.02. The molecule has 0 saturated carbocycles. The number of nitrogens with zero attached hydrogens (tertiary/aromatic N) is 2. The van der Waals surface area contributed by atoms with E-state index in [4.69, 9.17) is 5.73 Å². The molecule has 1 aromatic carbocycles. The average molecular weight is 291 g/mol. The van der Waals surface area contributed by atoms with Gasteiger partial charge in [-0.15, -0.1) is 0 Å². The van der Waals surface area contributed by atoms with Crippen LogP contribution in [0.4, 0.5) is 5.69 Å². The lowest BCUT2D eigenvalue weighted by atomic mass is 9.96. The van der Waals surface area contributed by atoms with Crippen LogP contribution in [0.5, 0.6) is 0 Å². The summed E-state index contributed by atoms with van der Waals surface area (Å²) < 4.78 is 0. The molecule has 1 aliphatic rings. The Hall–Kier alpha value is -2.55. The molecule has 0 unspecified atom stereocenters. The monoisotopic (exact) mass is 291 g/mol. The van der Waals surface area contributed by atoms with Crippen LogP contribution >= 0.6 is 0 Å². The zero-order valence-electron chi connectivity index (χ0n) is 13.4. The highest BCUT2D eigenvalue weighted by Crippen LogP contribution is 2.34. The van der Waals surface area contributed by atoms with Gasteiger partial charge < -0.3 is 10.6 Å². The number of aromatic nitrogens is 1. The Balaban J connectivity index is 2.26. The Labute approximate surface area is 131 Å². The molecule has 0 spiro atoms. The fourth-order valence-corrected chi connectivity index (χ4v) is 2.94. The van der Waals surface area contributed by atoms with Crippen molar-refractivity contribution in [1.82, 2.24) is 9.88 Å². The molecule has 0 saturated heterocycles. The molecule has 0 fully saturated rings. The maximum atomic E-state index is 6.26. The summed E-state index contributed by atoms with van der Waals surface area (Å²) in [5.41, 5.74) is 12.6. The van der Waals surface area contributed by atoms with Gasteiger partial charge >= 0.3 is 0 Å². The first kappa shape index (κ1) is 14.4. The number of hydrogen-bond donors (Lipinski definition) is 1. The number of nitrogen functional groups attached to an aromatic ring is 1. The van der Waals surface area contributed by atoms with Gasteiger partial charge in [0.1, 0.15) is 0 Å². The topological polar surface area (TPSA) is 42.1 Å². The number of hydrogen-bond acceptors (Lipinski definition) is 3. The third-order valence-electron chi connectivity index (χ3n) is 4.21. The van der Waals surface area contributed by atoms with E-state index < -0.39 is 0 Å². The predicted octanol–water partition coefficient (Wildman–Crippen LogP) is 4.26. The first-order valence-electron chi connectivity index (χ1n) is 7.51. The number of benzene rings is 1. The Morgan fingerprint density at radius 1 is 1.23 bits per heavy atom. The van der Waals surface area contributed by atoms with E-state index in [1.165, 1.54) is 11.3 Å². The molecule has 0 atom stereocenters. The molecule has 0 aliphatic carbocycles. The van der Waals surface area contributed by atoms with Crippen LogP contribution in [0.25, 0.3) is 16.5 Å². The molecule has 1 aromatic heterocycles. The van der Waals surface area contributed by atoms with Gasteiger partial charge in [0.05, 0.1) is 5.70 Å². The molecule has 0 radical (unpaired) electrons. The van der Waals surface area contributed by atoms with Gasteiger partial charge in [0.25, 0.3) is 0 Å². The number of rotatable bonds is 2. The Morgan fingerprint density at radius 3 is 2.73 bits per heavy atom. The Kier molecular flexibility index (Phi) is 3.49. The minimum Gasteiger partial charge on any atom is -0.398 e. The van der Waals surface area contributed by atoms with E-state index in [-0.39, 0.29) is 0 Å². The lowest BCUT2D eigenvalue weighted by molar-refractivity contribution is 0.608. The minimum absolute atomic E-state index is 0.761. The fourth-order valence-electron chi connectivity index (χ4n) is 2.94. The molecule has 3 rings (SSSR count). The van der Waals surface area contributed by atoms with Gasteiger partial charge in [-0.05, 0) is 48.6 Å². The van der Waals surface area contributed by atoms with Crippen LogP contribution in [-0.2, 0) is 0 Å². The van der Waals surface area contributed by atoms with Gasteiger partial charge in [-0.25, -0.2) is 0 Å². The van der Waals surface area contributed by atoms with Crippen LogP contribution in [-0.4, -0.2) is 16.9 Å². The summed E-state index contributed by atoms with van der Waals surface area (Å²) in [7, 11) is 2.05. The van der Waals surface area contributed by atoms with Gasteiger partial charge in [-0.2, -0.15) is 0 Å².